The van der Waals surface area contributed by atoms with Gasteiger partial charge in [0.15, 0.2) is 0 Å². The maximum atomic E-state index is 12.4. The summed E-state index contributed by atoms with van der Waals surface area (Å²) < 4.78 is 6.19. The van der Waals surface area contributed by atoms with E-state index < -0.39 is 11.2 Å². The number of fused-ring (bicyclic) bond motifs is 3. The van der Waals surface area contributed by atoms with E-state index in [0.717, 1.165) is 15.4 Å². The number of hydrogen-bond acceptors (Lipinski definition) is 3. The Bertz CT molecular complexity index is 1160. The molecule has 4 rings (SSSR count). The minimum absolute atomic E-state index is 0.0459. The Morgan fingerprint density at radius 1 is 0.913 bits per heavy atom. The zero-order valence-electron chi connectivity index (χ0n) is 11.8. The second kappa shape index (κ2) is 5.21. The number of hydrogen-bond donors (Lipinski definition) is 1. The lowest BCUT2D eigenvalue weighted by atomic mass is 10.1. The van der Waals surface area contributed by atoms with Crippen molar-refractivity contribution in [2.24, 2.45) is 0 Å². The molecule has 112 valence electrons. The molecule has 0 aliphatic heterocycles. The third-order valence-electron chi connectivity index (χ3n) is 3.77. The molecule has 0 aliphatic carbocycles. The van der Waals surface area contributed by atoms with Gasteiger partial charge in [0.25, 0.3) is 5.56 Å². The fourth-order valence-electron chi connectivity index (χ4n) is 2.69. The molecule has 2 heterocycles. The molecular weight excluding hydrogens is 358 g/mol. The molecule has 0 bridgehead atoms. The fourth-order valence-corrected chi connectivity index (χ4v) is 2.95. The van der Waals surface area contributed by atoms with Gasteiger partial charge in [-0.05, 0) is 29.8 Å². The fraction of sp³-hybridized carbons (Fsp3) is 0. The first-order chi connectivity index (χ1) is 11.1. The molecule has 0 saturated carbocycles. The predicted octanol–water partition coefficient (Wildman–Crippen LogP) is 4.06. The third-order valence-corrected chi connectivity index (χ3v) is 4.30. The molecular formula is C18H10BrNO3. The number of para-hydroxylation sites is 1. The van der Waals surface area contributed by atoms with Crippen molar-refractivity contribution in [2.75, 3.05) is 0 Å². The van der Waals surface area contributed by atoms with Crippen LogP contribution in [0.15, 0.2) is 73.1 Å². The van der Waals surface area contributed by atoms with E-state index in [2.05, 4.69) is 20.9 Å². The molecule has 5 heteroatoms. The SMILES string of the molecule is O=c1[nH]c(-c2ccc(Br)cc2)cc2c1c(=O)oc1ccccc12. The highest BCUT2D eigenvalue weighted by Crippen LogP contribution is 2.25. The quantitative estimate of drug-likeness (QED) is 0.407. The number of benzene rings is 2. The Balaban J connectivity index is 2.14. The van der Waals surface area contributed by atoms with E-state index in [1.807, 2.05) is 42.5 Å². The Morgan fingerprint density at radius 3 is 2.43 bits per heavy atom. The van der Waals surface area contributed by atoms with E-state index >= 15 is 0 Å². The summed E-state index contributed by atoms with van der Waals surface area (Å²) in [6.07, 6.45) is 0. The first-order valence-electron chi connectivity index (χ1n) is 6.98. The van der Waals surface area contributed by atoms with Crippen molar-refractivity contribution in [1.29, 1.82) is 0 Å². The monoisotopic (exact) mass is 367 g/mol. The molecule has 4 nitrogen and oxygen atoms in total. The van der Waals surface area contributed by atoms with Gasteiger partial charge in [-0.2, -0.15) is 0 Å². The second-order valence-electron chi connectivity index (χ2n) is 5.19. The van der Waals surface area contributed by atoms with E-state index in [0.29, 0.717) is 16.7 Å². The van der Waals surface area contributed by atoms with Crippen LogP contribution in [0.2, 0.25) is 0 Å². The summed E-state index contributed by atoms with van der Waals surface area (Å²) in [6, 6.07) is 16.6. The van der Waals surface area contributed by atoms with Crippen LogP contribution < -0.4 is 11.2 Å². The Labute approximate surface area is 138 Å². The number of aromatic amines is 1. The van der Waals surface area contributed by atoms with E-state index in [9.17, 15) is 9.59 Å². The molecule has 0 atom stereocenters. The standard InChI is InChI=1S/C18H10BrNO3/c19-11-7-5-10(6-8-11)14-9-13-12-3-1-2-4-15(12)23-18(22)16(13)17(21)20-14/h1-9H,(H,20,21). The van der Waals surface area contributed by atoms with Gasteiger partial charge in [-0.3, -0.25) is 4.79 Å². The van der Waals surface area contributed by atoms with Crippen LogP contribution in [-0.2, 0) is 0 Å². The van der Waals surface area contributed by atoms with Gasteiger partial charge < -0.3 is 9.40 Å². The average molecular weight is 368 g/mol. The lowest BCUT2D eigenvalue weighted by Crippen LogP contribution is -2.16. The Kier molecular flexibility index (Phi) is 3.16. The average Bonchev–Trinajstić information content (AvgIpc) is 2.55. The van der Waals surface area contributed by atoms with Gasteiger partial charge in [0.05, 0.1) is 0 Å². The van der Waals surface area contributed by atoms with Crippen molar-refractivity contribution < 1.29 is 4.42 Å². The summed E-state index contributed by atoms with van der Waals surface area (Å²) in [5, 5.41) is 1.38. The lowest BCUT2D eigenvalue weighted by molar-refractivity contribution is 0.569. The summed E-state index contributed by atoms with van der Waals surface area (Å²) in [4.78, 5) is 27.3. The van der Waals surface area contributed by atoms with Crippen molar-refractivity contribution in [3.63, 3.8) is 0 Å². The van der Waals surface area contributed by atoms with Gasteiger partial charge in [0, 0.05) is 20.9 Å². The molecule has 0 spiro atoms. The molecule has 0 fully saturated rings. The molecule has 4 aromatic rings. The van der Waals surface area contributed by atoms with Crippen LogP contribution in [0.5, 0.6) is 0 Å². The van der Waals surface area contributed by atoms with Crippen molar-refractivity contribution in [3.8, 4) is 11.3 Å². The second-order valence-corrected chi connectivity index (χ2v) is 6.11. The topological polar surface area (TPSA) is 63.1 Å². The van der Waals surface area contributed by atoms with Gasteiger partial charge in [0.1, 0.15) is 11.0 Å². The van der Waals surface area contributed by atoms with Crippen LogP contribution >= 0.6 is 15.9 Å². The molecule has 1 N–H and O–H groups in total. The van der Waals surface area contributed by atoms with Crippen LogP contribution in [0.3, 0.4) is 0 Å². The minimum atomic E-state index is -0.623. The van der Waals surface area contributed by atoms with Gasteiger partial charge in [-0.25, -0.2) is 4.79 Å². The molecule has 0 radical (unpaired) electrons. The number of H-pyrrole nitrogens is 1. The van der Waals surface area contributed by atoms with Gasteiger partial charge >= 0.3 is 5.63 Å². The van der Waals surface area contributed by atoms with Crippen LogP contribution in [0, 0.1) is 0 Å². The number of pyridine rings is 1. The van der Waals surface area contributed by atoms with E-state index in [4.69, 9.17) is 4.42 Å². The number of nitrogens with one attached hydrogen (secondary N) is 1. The van der Waals surface area contributed by atoms with Crippen LogP contribution in [0.4, 0.5) is 0 Å². The van der Waals surface area contributed by atoms with Crippen molar-refractivity contribution in [2.45, 2.75) is 0 Å². The summed E-state index contributed by atoms with van der Waals surface area (Å²) in [5.41, 5.74) is 0.926. The Morgan fingerprint density at radius 2 is 1.65 bits per heavy atom. The summed E-state index contributed by atoms with van der Waals surface area (Å²) >= 11 is 3.39. The van der Waals surface area contributed by atoms with E-state index in [1.54, 1.807) is 12.1 Å². The highest BCUT2D eigenvalue weighted by atomic mass is 79.9. The van der Waals surface area contributed by atoms with E-state index in [-0.39, 0.29) is 5.39 Å². The minimum Gasteiger partial charge on any atom is -0.422 e. The lowest BCUT2D eigenvalue weighted by Gasteiger charge is -2.06. The zero-order chi connectivity index (χ0) is 16.0. The van der Waals surface area contributed by atoms with Crippen molar-refractivity contribution in [3.05, 3.63) is 79.8 Å². The largest absolute Gasteiger partial charge is 0.422 e. The summed E-state index contributed by atoms with van der Waals surface area (Å²) in [7, 11) is 0. The van der Waals surface area contributed by atoms with Crippen LogP contribution in [0.25, 0.3) is 33.0 Å². The molecule has 23 heavy (non-hydrogen) atoms. The maximum Gasteiger partial charge on any atom is 0.349 e. The normalized spacial score (nSPS) is 11.2. The number of halogens is 1. The maximum absolute atomic E-state index is 12.4. The first-order valence-corrected chi connectivity index (χ1v) is 7.77. The number of rotatable bonds is 1. The zero-order valence-corrected chi connectivity index (χ0v) is 13.4. The molecule has 0 saturated heterocycles. The molecule has 0 unspecified atom stereocenters. The summed E-state index contributed by atoms with van der Waals surface area (Å²) in [6.45, 7) is 0. The molecule has 0 aliphatic rings. The molecule has 0 amide bonds. The van der Waals surface area contributed by atoms with Gasteiger partial charge in [-0.1, -0.05) is 46.3 Å². The van der Waals surface area contributed by atoms with Crippen molar-refractivity contribution in [1.82, 2.24) is 4.98 Å². The third kappa shape index (κ3) is 2.29. The molecule has 2 aromatic carbocycles. The highest BCUT2D eigenvalue weighted by Gasteiger charge is 2.12. The highest BCUT2D eigenvalue weighted by molar-refractivity contribution is 9.10. The number of aromatic nitrogens is 1. The van der Waals surface area contributed by atoms with Crippen molar-refractivity contribution >= 4 is 37.7 Å². The molecule has 2 aromatic heterocycles. The summed E-state index contributed by atoms with van der Waals surface area (Å²) in [5.74, 6) is 0. The van der Waals surface area contributed by atoms with Gasteiger partial charge in [-0.15, -0.1) is 0 Å². The van der Waals surface area contributed by atoms with Crippen LogP contribution in [-0.4, -0.2) is 4.98 Å². The van der Waals surface area contributed by atoms with E-state index in [1.165, 1.54) is 0 Å². The van der Waals surface area contributed by atoms with Gasteiger partial charge in [0.2, 0.25) is 0 Å². The first kappa shape index (κ1) is 14.0. The Hall–Kier alpha value is -2.66. The smallest absolute Gasteiger partial charge is 0.349 e. The predicted molar refractivity (Wildman–Crippen MR) is 93.7 cm³/mol. The van der Waals surface area contributed by atoms with Crippen LogP contribution in [0.1, 0.15) is 0 Å².